The summed E-state index contributed by atoms with van der Waals surface area (Å²) in [7, 11) is 1.35. The predicted octanol–water partition coefficient (Wildman–Crippen LogP) is 3.42. The molecule has 0 spiro atoms. The quantitative estimate of drug-likeness (QED) is 0.414. The Morgan fingerprint density at radius 2 is 1.69 bits per heavy atom. The topological polar surface area (TPSA) is 123 Å². The number of imide groups is 2. The minimum absolute atomic E-state index is 0.0613. The average Bonchev–Trinajstić information content (AvgIpc) is 2.72. The molecule has 0 atom stereocenters. The molecule has 3 N–H and O–H groups in total. The van der Waals surface area contributed by atoms with Gasteiger partial charge in [-0.2, -0.15) is 0 Å². The number of hydrogen-bond acceptors (Lipinski definition) is 6. The first-order valence-corrected chi connectivity index (χ1v) is 9.95. The molecule has 0 radical (unpaired) electrons. The molecule has 1 saturated heterocycles. The molecule has 2 aromatic carbocycles. The van der Waals surface area contributed by atoms with E-state index in [-0.39, 0.29) is 27.1 Å². The van der Waals surface area contributed by atoms with Gasteiger partial charge in [0.1, 0.15) is 5.57 Å². The number of nitrogens with one attached hydrogen (secondary N) is 3. The lowest BCUT2D eigenvalue weighted by Gasteiger charge is -2.15. The van der Waals surface area contributed by atoms with Crippen LogP contribution >= 0.6 is 34.8 Å². The largest absolute Gasteiger partial charge is 0.493 e. The van der Waals surface area contributed by atoms with Gasteiger partial charge >= 0.3 is 6.03 Å². The molecule has 0 saturated carbocycles. The number of barbiturate groups is 1. The summed E-state index contributed by atoms with van der Waals surface area (Å²) in [5, 5.41) is 7.23. The Morgan fingerprint density at radius 1 is 1.00 bits per heavy atom. The molecule has 166 valence electrons. The van der Waals surface area contributed by atoms with Crippen molar-refractivity contribution in [2.75, 3.05) is 19.0 Å². The van der Waals surface area contributed by atoms with Gasteiger partial charge in [-0.3, -0.25) is 25.0 Å². The van der Waals surface area contributed by atoms with Gasteiger partial charge in [0.05, 0.1) is 22.2 Å². The lowest BCUT2D eigenvalue weighted by Crippen LogP contribution is -2.51. The summed E-state index contributed by atoms with van der Waals surface area (Å²) >= 11 is 18.0. The summed E-state index contributed by atoms with van der Waals surface area (Å²) in [5.41, 5.74) is 0.460. The Balaban J connectivity index is 1.75. The van der Waals surface area contributed by atoms with Crippen molar-refractivity contribution in [1.29, 1.82) is 0 Å². The molecule has 1 heterocycles. The molecule has 1 fully saturated rings. The maximum Gasteiger partial charge on any atom is 0.328 e. The number of anilines is 1. The van der Waals surface area contributed by atoms with Gasteiger partial charge in [0.25, 0.3) is 17.7 Å². The van der Waals surface area contributed by atoms with Crippen molar-refractivity contribution >= 4 is 70.3 Å². The number of hydrogen-bond donors (Lipinski definition) is 3. The van der Waals surface area contributed by atoms with E-state index in [1.807, 2.05) is 10.6 Å². The fourth-order valence-corrected chi connectivity index (χ4v) is 3.22. The monoisotopic (exact) mass is 497 g/mol. The first-order chi connectivity index (χ1) is 15.2. The summed E-state index contributed by atoms with van der Waals surface area (Å²) < 4.78 is 10.7. The van der Waals surface area contributed by atoms with Crippen LogP contribution in [0.3, 0.4) is 0 Å². The van der Waals surface area contributed by atoms with Crippen molar-refractivity contribution in [3.05, 3.63) is 56.5 Å². The SMILES string of the molecule is COc1cc(C=C2C(=O)NC(=O)NC2=O)cc(Cl)c1OCC(=O)Nc1ccc(Cl)c(Cl)c1. The highest BCUT2D eigenvalue weighted by atomic mass is 35.5. The van der Waals surface area contributed by atoms with Gasteiger partial charge in [0, 0.05) is 5.69 Å². The number of ether oxygens (including phenoxy) is 2. The van der Waals surface area contributed by atoms with Crippen LogP contribution in [0.1, 0.15) is 5.56 Å². The molecular weight excluding hydrogens is 485 g/mol. The summed E-state index contributed by atoms with van der Waals surface area (Å²) in [6.45, 7) is -0.399. The third-order valence-corrected chi connectivity index (χ3v) is 5.08. The zero-order valence-corrected chi connectivity index (χ0v) is 18.5. The molecule has 0 bridgehead atoms. The molecule has 3 rings (SSSR count). The van der Waals surface area contributed by atoms with Gasteiger partial charge < -0.3 is 14.8 Å². The van der Waals surface area contributed by atoms with E-state index < -0.39 is 30.4 Å². The van der Waals surface area contributed by atoms with Crippen LogP contribution in [0.25, 0.3) is 6.08 Å². The van der Waals surface area contributed by atoms with Crippen molar-refractivity contribution < 1.29 is 28.7 Å². The third-order valence-electron chi connectivity index (χ3n) is 4.06. The molecule has 9 nitrogen and oxygen atoms in total. The number of carbonyl (C=O) groups is 4. The van der Waals surface area contributed by atoms with Gasteiger partial charge in [-0.25, -0.2) is 4.79 Å². The molecule has 1 aliphatic heterocycles. The summed E-state index contributed by atoms with van der Waals surface area (Å²) in [4.78, 5) is 47.1. The normalized spacial score (nSPS) is 13.2. The van der Waals surface area contributed by atoms with E-state index in [9.17, 15) is 19.2 Å². The van der Waals surface area contributed by atoms with Crippen LogP contribution in [0.15, 0.2) is 35.9 Å². The van der Waals surface area contributed by atoms with Gasteiger partial charge in [-0.05, 0) is 42.0 Å². The maximum absolute atomic E-state index is 12.2. The summed E-state index contributed by atoms with van der Waals surface area (Å²) in [6.07, 6.45) is 1.23. The van der Waals surface area contributed by atoms with Gasteiger partial charge in [0.2, 0.25) is 0 Å². The smallest absolute Gasteiger partial charge is 0.328 e. The number of halogens is 3. The molecule has 2 aromatic rings. The highest BCUT2D eigenvalue weighted by Gasteiger charge is 2.28. The minimum atomic E-state index is -0.907. The zero-order chi connectivity index (χ0) is 23.4. The standard InChI is InChI=1S/C20H14Cl3N3O6/c1-31-15-6-9(4-11-18(28)25-20(30)26-19(11)29)5-14(23)17(15)32-8-16(27)24-10-2-3-12(21)13(22)7-10/h2-7H,8H2,1H3,(H,24,27)(H2,25,26,28,29,30). The van der Waals surface area contributed by atoms with E-state index in [1.54, 1.807) is 6.07 Å². The van der Waals surface area contributed by atoms with Crippen LogP contribution in [0.4, 0.5) is 10.5 Å². The molecule has 12 heteroatoms. The second-order valence-corrected chi connectivity index (χ2v) is 7.52. The van der Waals surface area contributed by atoms with E-state index in [4.69, 9.17) is 44.3 Å². The lowest BCUT2D eigenvalue weighted by molar-refractivity contribution is -0.124. The van der Waals surface area contributed by atoms with Crippen LogP contribution in [0.2, 0.25) is 15.1 Å². The van der Waals surface area contributed by atoms with Gasteiger partial charge in [-0.1, -0.05) is 34.8 Å². The average molecular weight is 499 g/mol. The first kappa shape index (κ1) is 23.4. The van der Waals surface area contributed by atoms with Gasteiger partial charge in [0.15, 0.2) is 18.1 Å². The number of amides is 5. The highest BCUT2D eigenvalue weighted by Crippen LogP contribution is 2.37. The van der Waals surface area contributed by atoms with Crippen molar-refractivity contribution in [2.45, 2.75) is 0 Å². The van der Waals surface area contributed by atoms with Crippen molar-refractivity contribution in [2.24, 2.45) is 0 Å². The lowest BCUT2D eigenvalue weighted by atomic mass is 10.1. The van der Waals surface area contributed by atoms with Crippen LogP contribution in [0.5, 0.6) is 11.5 Å². The molecule has 1 aliphatic rings. The number of rotatable bonds is 6. The third kappa shape index (κ3) is 5.50. The van der Waals surface area contributed by atoms with Crippen LogP contribution in [-0.4, -0.2) is 37.5 Å². The van der Waals surface area contributed by atoms with E-state index in [0.717, 1.165) is 0 Å². The number of benzene rings is 2. The second-order valence-electron chi connectivity index (χ2n) is 6.30. The maximum atomic E-state index is 12.2. The molecular formula is C20H14Cl3N3O6. The summed E-state index contributed by atoms with van der Waals surface area (Å²) in [5.74, 6) is -1.97. The van der Waals surface area contributed by atoms with E-state index in [0.29, 0.717) is 16.3 Å². The zero-order valence-electron chi connectivity index (χ0n) is 16.3. The molecule has 0 aromatic heterocycles. The predicted molar refractivity (Wildman–Crippen MR) is 118 cm³/mol. The van der Waals surface area contributed by atoms with Crippen molar-refractivity contribution in [3.8, 4) is 11.5 Å². The van der Waals surface area contributed by atoms with Crippen LogP contribution < -0.4 is 25.4 Å². The van der Waals surface area contributed by atoms with Crippen LogP contribution in [0, 0.1) is 0 Å². The Labute approximate surface area is 196 Å². The summed E-state index contributed by atoms with van der Waals surface area (Å²) in [6, 6.07) is 6.55. The van der Waals surface area contributed by atoms with E-state index in [2.05, 4.69) is 5.32 Å². The fourth-order valence-electron chi connectivity index (χ4n) is 2.64. The Bertz CT molecular complexity index is 1140. The van der Waals surface area contributed by atoms with Crippen molar-refractivity contribution in [3.63, 3.8) is 0 Å². The molecule has 32 heavy (non-hydrogen) atoms. The number of urea groups is 1. The van der Waals surface area contributed by atoms with E-state index in [1.165, 1.54) is 37.5 Å². The Kier molecular flexibility index (Phi) is 7.24. The minimum Gasteiger partial charge on any atom is -0.493 e. The Morgan fingerprint density at radius 3 is 2.31 bits per heavy atom. The molecule has 0 aliphatic carbocycles. The molecule has 5 amide bonds. The van der Waals surface area contributed by atoms with Gasteiger partial charge in [-0.15, -0.1) is 0 Å². The number of carbonyl (C=O) groups excluding carboxylic acids is 4. The van der Waals surface area contributed by atoms with Crippen LogP contribution in [-0.2, 0) is 14.4 Å². The first-order valence-electron chi connectivity index (χ1n) is 8.81. The fraction of sp³-hybridized carbons (Fsp3) is 0.100. The Hall–Kier alpha value is -3.27. The molecule has 0 unspecified atom stereocenters. The van der Waals surface area contributed by atoms with Crippen molar-refractivity contribution in [1.82, 2.24) is 10.6 Å². The number of methoxy groups -OCH3 is 1. The highest BCUT2D eigenvalue weighted by molar-refractivity contribution is 6.42. The van der Waals surface area contributed by atoms with E-state index >= 15 is 0 Å². The second kappa shape index (κ2) is 9.90.